The van der Waals surface area contributed by atoms with Gasteiger partial charge in [0.25, 0.3) is 5.91 Å². The number of ether oxygens (including phenoxy) is 1. The lowest BCUT2D eigenvalue weighted by Gasteiger charge is -2.14. The number of hydrogen-bond acceptors (Lipinski definition) is 6. The minimum atomic E-state index is -3.82. The molecule has 0 unspecified atom stereocenters. The molecule has 1 amide bonds. The number of hydrogen-bond donors (Lipinski definition) is 3. The second kappa shape index (κ2) is 7.49. The highest BCUT2D eigenvalue weighted by Crippen LogP contribution is 2.25. The maximum atomic E-state index is 12.4. The van der Waals surface area contributed by atoms with E-state index in [4.69, 9.17) is 10.5 Å². The molecular formula is C16H20N4O4S. The molecule has 2 aromatic rings. The zero-order chi connectivity index (χ0) is 18.6. The van der Waals surface area contributed by atoms with Crippen molar-refractivity contribution in [1.82, 2.24) is 9.71 Å². The lowest BCUT2D eigenvalue weighted by molar-refractivity contribution is 0.102. The summed E-state index contributed by atoms with van der Waals surface area (Å²) in [5.41, 5.74) is 6.11. The standard InChI is InChI=1S/C16H20N4O4S/c1-10(2)20-25(22,23)14-8-11(4-6-13(14)24-3)16(21)19-12-5-7-15(17)18-9-12/h4-10,20H,1-3H3,(H2,17,18)(H,19,21). The van der Waals surface area contributed by atoms with Crippen LogP contribution in [0.3, 0.4) is 0 Å². The third kappa shape index (κ3) is 4.68. The van der Waals surface area contributed by atoms with Crippen LogP contribution in [-0.2, 0) is 10.0 Å². The van der Waals surface area contributed by atoms with Gasteiger partial charge in [0.15, 0.2) is 0 Å². The number of pyridine rings is 1. The highest BCUT2D eigenvalue weighted by atomic mass is 32.2. The van der Waals surface area contributed by atoms with Crippen molar-refractivity contribution in [3.8, 4) is 5.75 Å². The van der Waals surface area contributed by atoms with E-state index in [1.54, 1.807) is 26.0 Å². The quantitative estimate of drug-likeness (QED) is 0.715. The minimum absolute atomic E-state index is 0.105. The Morgan fingerprint density at radius 2 is 1.96 bits per heavy atom. The monoisotopic (exact) mass is 364 g/mol. The molecule has 0 fully saturated rings. The van der Waals surface area contributed by atoms with Gasteiger partial charge in [-0.25, -0.2) is 18.1 Å². The number of carbonyl (C=O) groups is 1. The van der Waals surface area contributed by atoms with E-state index in [1.165, 1.54) is 31.5 Å². The Hall–Kier alpha value is -2.65. The van der Waals surface area contributed by atoms with Gasteiger partial charge < -0.3 is 15.8 Å². The number of rotatable bonds is 6. The van der Waals surface area contributed by atoms with Gasteiger partial charge in [0, 0.05) is 11.6 Å². The number of nitrogens with zero attached hydrogens (tertiary/aromatic N) is 1. The number of aromatic nitrogens is 1. The minimum Gasteiger partial charge on any atom is -0.495 e. The third-order valence-corrected chi connectivity index (χ3v) is 4.83. The average Bonchev–Trinajstić information content (AvgIpc) is 2.55. The molecule has 0 saturated carbocycles. The van der Waals surface area contributed by atoms with Gasteiger partial charge in [-0.05, 0) is 44.2 Å². The molecule has 4 N–H and O–H groups in total. The van der Waals surface area contributed by atoms with Crippen molar-refractivity contribution >= 4 is 27.4 Å². The lowest BCUT2D eigenvalue weighted by atomic mass is 10.2. The maximum absolute atomic E-state index is 12.4. The Bertz CT molecular complexity index is 864. The van der Waals surface area contributed by atoms with Gasteiger partial charge in [0.1, 0.15) is 16.5 Å². The molecule has 0 radical (unpaired) electrons. The first-order valence-corrected chi connectivity index (χ1v) is 8.94. The van der Waals surface area contributed by atoms with Gasteiger partial charge in [-0.3, -0.25) is 4.79 Å². The SMILES string of the molecule is COc1ccc(C(=O)Nc2ccc(N)nc2)cc1S(=O)(=O)NC(C)C. The molecule has 8 nitrogen and oxygen atoms in total. The molecule has 0 bridgehead atoms. The molecule has 2 rings (SSSR count). The van der Waals surface area contributed by atoms with Gasteiger partial charge in [-0.15, -0.1) is 0 Å². The van der Waals surface area contributed by atoms with Crippen molar-refractivity contribution < 1.29 is 17.9 Å². The summed E-state index contributed by atoms with van der Waals surface area (Å²) < 4.78 is 32.5. The fourth-order valence-electron chi connectivity index (χ4n) is 2.08. The highest BCUT2D eigenvalue weighted by molar-refractivity contribution is 7.89. The van der Waals surface area contributed by atoms with Crippen molar-refractivity contribution in [3.63, 3.8) is 0 Å². The first-order valence-electron chi connectivity index (χ1n) is 7.46. The summed E-state index contributed by atoms with van der Waals surface area (Å²) in [6.07, 6.45) is 1.41. The van der Waals surface area contributed by atoms with E-state index in [1.807, 2.05) is 0 Å². The van der Waals surface area contributed by atoms with Gasteiger partial charge in [0.2, 0.25) is 10.0 Å². The fourth-order valence-corrected chi connectivity index (χ4v) is 3.53. The lowest BCUT2D eigenvalue weighted by Crippen LogP contribution is -2.30. The first-order chi connectivity index (χ1) is 11.7. The predicted octanol–water partition coefficient (Wildman–Crippen LogP) is 1.61. The Morgan fingerprint density at radius 3 is 2.52 bits per heavy atom. The van der Waals surface area contributed by atoms with E-state index < -0.39 is 15.9 Å². The Kier molecular flexibility index (Phi) is 5.60. The number of anilines is 2. The van der Waals surface area contributed by atoms with Crippen molar-refractivity contribution in [2.75, 3.05) is 18.2 Å². The van der Waals surface area contributed by atoms with Gasteiger partial charge in [0.05, 0.1) is 19.0 Å². The third-order valence-electron chi connectivity index (χ3n) is 3.15. The summed E-state index contributed by atoms with van der Waals surface area (Å²) in [5, 5.41) is 2.63. The van der Waals surface area contributed by atoms with Crippen molar-refractivity contribution in [2.24, 2.45) is 0 Å². The molecule has 0 saturated heterocycles. The van der Waals surface area contributed by atoms with Crippen molar-refractivity contribution in [3.05, 3.63) is 42.1 Å². The maximum Gasteiger partial charge on any atom is 0.255 e. The fraction of sp³-hybridized carbons (Fsp3) is 0.250. The molecule has 0 aliphatic carbocycles. The van der Waals surface area contributed by atoms with Crippen LogP contribution in [0.2, 0.25) is 0 Å². The zero-order valence-electron chi connectivity index (χ0n) is 14.1. The van der Waals surface area contributed by atoms with Crippen molar-refractivity contribution in [1.29, 1.82) is 0 Å². The Balaban J connectivity index is 2.34. The van der Waals surface area contributed by atoms with Crippen LogP contribution in [0.25, 0.3) is 0 Å². The van der Waals surface area contributed by atoms with Crippen LogP contribution in [0.4, 0.5) is 11.5 Å². The highest BCUT2D eigenvalue weighted by Gasteiger charge is 2.22. The molecule has 134 valence electrons. The second-order valence-electron chi connectivity index (χ2n) is 5.57. The van der Waals surface area contributed by atoms with Crippen LogP contribution in [-0.4, -0.2) is 32.5 Å². The number of nitrogen functional groups attached to an aromatic ring is 1. The average molecular weight is 364 g/mol. The van der Waals surface area contributed by atoms with Gasteiger partial charge in [-0.2, -0.15) is 0 Å². The predicted molar refractivity (Wildman–Crippen MR) is 95.1 cm³/mol. The molecule has 0 aliphatic rings. The van der Waals surface area contributed by atoms with E-state index in [-0.39, 0.29) is 22.3 Å². The van der Waals surface area contributed by atoms with E-state index in [9.17, 15) is 13.2 Å². The number of amides is 1. The van der Waals surface area contributed by atoms with Crippen LogP contribution < -0.4 is 20.5 Å². The van der Waals surface area contributed by atoms with Crippen LogP contribution in [0, 0.1) is 0 Å². The molecule has 0 atom stereocenters. The van der Waals surface area contributed by atoms with Crippen LogP contribution in [0.15, 0.2) is 41.4 Å². The van der Waals surface area contributed by atoms with E-state index in [2.05, 4.69) is 15.0 Å². The summed E-state index contributed by atoms with van der Waals surface area (Å²) in [6.45, 7) is 3.41. The molecule has 1 heterocycles. The number of nitrogens with one attached hydrogen (secondary N) is 2. The topological polar surface area (TPSA) is 123 Å². The summed E-state index contributed by atoms with van der Waals surface area (Å²) in [4.78, 5) is 16.1. The number of benzene rings is 1. The normalized spacial score (nSPS) is 11.4. The van der Waals surface area contributed by atoms with E-state index in [0.29, 0.717) is 11.5 Å². The smallest absolute Gasteiger partial charge is 0.255 e. The number of nitrogens with two attached hydrogens (primary N) is 1. The Labute approximate surface area is 146 Å². The number of sulfonamides is 1. The van der Waals surface area contributed by atoms with Crippen LogP contribution >= 0.6 is 0 Å². The van der Waals surface area contributed by atoms with E-state index in [0.717, 1.165) is 0 Å². The van der Waals surface area contributed by atoms with Crippen molar-refractivity contribution in [2.45, 2.75) is 24.8 Å². The van der Waals surface area contributed by atoms with E-state index >= 15 is 0 Å². The molecule has 1 aromatic heterocycles. The Morgan fingerprint density at radius 1 is 1.24 bits per heavy atom. The first kappa shape index (κ1) is 18.7. The summed E-state index contributed by atoms with van der Waals surface area (Å²) >= 11 is 0. The van der Waals surface area contributed by atoms with Crippen LogP contribution in [0.5, 0.6) is 5.75 Å². The zero-order valence-corrected chi connectivity index (χ0v) is 14.9. The molecule has 25 heavy (non-hydrogen) atoms. The molecule has 1 aromatic carbocycles. The van der Waals surface area contributed by atoms with Gasteiger partial charge in [-0.1, -0.05) is 0 Å². The summed E-state index contributed by atoms with van der Waals surface area (Å²) in [6, 6.07) is 7.03. The molecule has 0 aliphatic heterocycles. The molecule has 9 heteroatoms. The molecule has 0 spiro atoms. The molecular weight excluding hydrogens is 344 g/mol. The largest absolute Gasteiger partial charge is 0.495 e. The summed E-state index contributed by atoms with van der Waals surface area (Å²) in [5.74, 6) is 0.00431. The second-order valence-corrected chi connectivity index (χ2v) is 7.25. The number of carbonyl (C=O) groups excluding carboxylic acids is 1. The van der Waals surface area contributed by atoms with Crippen LogP contribution in [0.1, 0.15) is 24.2 Å². The number of methoxy groups -OCH3 is 1. The van der Waals surface area contributed by atoms with Gasteiger partial charge >= 0.3 is 0 Å². The summed E-state index contributed by atoms with van der Waals surface area (Å²) in [7, 11) is -2.46.